The maximum absolute atomic E-state index is 13.4. The maximum Gasteiger partial charge on any atom is 0.407 e. The number of carbonyl (C=O) groups excluding carboxylic acids is 2. The van der Waals surface area contributed by atoms with Crippen LogP contribution in [-0.2, 0) is 9.53 Å². The standard InChI is InChI=1S/C37H39N7O3/c1-24(2)33(43-37(46)47-3)36(45)44-20-10-16-32(44)35-39-22-28(41-35)14-8-7-13-26-17-18-27(21-29(26)25-11-5-4-6-12-25)31-23-40-34(42-31)30-15-9-19-38-30/h4-6,11-12,17-18,21-24,30,32-33,38H,9-10,15-16,19-20H2,1-3H3,(H,39,41)(H,40,42)(H,43,46)/t30-,32?,33?/m0/s1. The van der Waals surface area contributed by atoms with E-state index >= 15 is 0 Å². The molecule has 0 spiro atoms. The number of rotatable bonds is 7. The summed E-state index contributed by atoms with van der Waals surface area (Å²) in [6.07, 6.45) is 6.80. The number of aromatic amines is 2. The van der Waals surface area contributed by atoms with E-state index in [1.165, 1.54) is 7.11 Å². The lowest BCUT2D eigenvalue weighted by Gasteiger charge is -2.29. The Morgan fingerprint density at radius 2 is 1.77 bits per heavy atom. The Morgan fingerprint density at radius 3 is 2.53 bits per heavy atom. The fourth-order valence-electron chi connectivity index (χ4n) is 6.22. The van der Waals surface area contributed by atoms with Gasteiger partial charge in [-0.3, -0.25) is 4.79 Å². The monoisotopic (exact) mass is 629 g/mol. The molecule has 0 bridgehead atoms. The van der Waals surface area contributed by atoms with Crippen LogP contribution in [0.3, 0.4) is 0 Å². The fourth-order valence-corrected chi connectivity index (χ4v) is 6.22. The second kappa shape index (κ2) is 14.4. The minimum Gasteiger partial charge on any atom is -0.453 e. The van der Waals surface area contributed by atoms with Crippen molar-refractivity contribution in [1.82, 2.24) is 35.5 Å². The van der Waals surface area contributed by atoms with Crippen molar-refractivity contribution in [3.63, 3.8) is 0 Å². The summed E-state index contributed by atoms with van der Waals surface area (Å²) in [5, 5.41) is 6.18. The van der Waals surface area contributed by atoms with Crippen LogP contribution in [0.5, 0.6) is 0 Å². The Kier molecular flexibility index (Phi) is 9.70. The Morgan fingerprint density at radius 1 is 0.957 bits per heavy atom. The second-order valence-electron chi connectivity index (χ2n) is 12.2. The van der Waals surface area contributed by atoms with Crippen LogP contribution in [0.25, 0.3) is 22.4 Å². The van der Waals surface area contributed by atoms with Gasteiger partial charge in [0.2, 0.25) is 5.91 Å². The van der Waals surface area contributed by atoms with Crippen molar-refractivity contribution < 1.29 is 14.3 Å². The highest BCUT2D eigenvalue weighted by atomic mass is 16.5. The van der Waals surface area contributed by atoms with Gasteiger partial charge in [0, 0.05) is 17.7 Å². The summed E-state index contributed by atoms with van der Waals surface area (Å²) in [5.41, 5.74) is 5.59. The second-order valence-corrected chi connectivity index (χ2v) is 12.2. The van der Waals surface area contributed by atoms with Crippen molar-refractivity contribution in [3.05, 3.63) is 83.8 Å². The lowest BCUT2D eigenvalue weighted by Crippen LogP contribution is -2.51. The molecule has 4 N–H and O–H groups in total. The molecule has 2 aliphatic rings. The number of H-pyrrole nitrogens is 2. The molecule has 4 aromatic rings. The van der Waals surface area contributed by atoms with Gasteiger partial charge in [-0.25, -0.2) is 14.8 Å². The highest BCUT2D eigenvalue weighted by Crippen LogP contribution is 2.32. The predicted octanol–water partition coefficient (Wildman–Crippen LogP) is 5.34. The molecule has 0 radical (unpaired) electrons. The van der Waals surface area contributed by atoms with E-state index in [9.17, 15) is 9.59 Å². The number of nitrogens with zero attached hydrogens (tertiary/aromatic N) is 3. The number of amides is 2. The summed E-state index contributed by atoms with van der Waals surface area (Å²) >= 11 is 0. The van der Waals surface area contributed by atoms with Gasteiger partial charge in [0.05, 0.1) is 37.3 Å². The van der Waals surface area contributed by atoms with Crippen LogP contribution < -0.4 is 10.6 Å². The van der Waals surface area contributed by atoms with E-state index in [1.54, 1.807) is 11.1 Å². The largest absolute Gasteiger partial charge is 0.453 e. The minimum atomic E-state index is -0.687. The highest BCUT2D eigenvalue weighted by Gasteiger charge is 2.37. The van der Waals surface area contributed by atoms with Crippen molar-refractivity contribution >= 4 is 12.0 Å². The van der Waals surface area contributed by atoms with E-state index in [1.807, 2.05) is 44.3 Å². The summed E-state index contributed by atoms with van der Waals surface area (Å²) in [6.45, 7) is 5.40. The summed E-state index contributed by atoms with van der Waals surface area (Å²) in [6, 6.07) is 15.8. The zero-order chi connectivity index (χ0) is 32.8. The van der Waals surface area contributed by atoms with Crippen molar-refractivity contribution in [2.45, 2.75) is 57.7 Å². The number of benzene rings is 2. The molecule has 10 heteroatoms. The summed E-state index contributed by atoms with van der Waals surface area (Å²) in [7, 11) is 1.29. The van der Waals surface area contributed by atoms with E-state index in [2.05, 4.69) is 78.5 Å². The topological polar surface area (TPSA) is 128 Å². The maximum atomic E-state index is 13.4. The normalized spacial score (nSPS) is 17.8. The molecule has 4 heterocycles. The first kappa shape index (κ1) is 31.7. The first-order chi connectivity index (χ1) is 22.9. The molecule has 6 rings (SSSR count). The fraction of sp³-hybridized carbons (Fsp3) is 0.351. The first-order valence-corrected chi connectivity index (χ1v) is 16.1. The number of hydrogen-bond acceptors (Lipinski definition) is 6. The third-order valence-corrected chi connectivity index (χ3v) is 8.70. The smallest absolute Gasteiger partial charge is 0.407 e. The van der Waals surface area contributed by atoms with E-state index in [-0.39, 0.29) is 23.9 Å². The molecular formula is C37H39N7O3. The molecule has 10 nitrogen and oxygen atoms in total. The Bertz CT molecular complexity index is 1850. The van der Waals surface area contributed by atoms with Crippen molar-refractivity contribution in [2.24, 2.45) is 5.92 Å². The zero-order valence-corrected chi connectivity index (χ0v) is 26.9. The number of ether oxygens (including phenoxy) is 1. The molecule has 0 aliphatic carbocycles. The molecule has 2 amide bonds. The van der Waals surface area contributed by atoms with Gasteiger partial charge >= 0.3 is 6.09 Å². The highest BCUT2D eigenvalue weighted by molar-refractivity contribution is 5.86. The van der Waals surface area contributed by atoms with E-state index < -0.39 is 12.1 Å². The van der Waals surface area contributed by atoms with Crippen molar-refractivity contribution in [2.75, 3.05) is 20.2 Å². The predicted molar refractivity (Wildman–Crippen MR) is 180 cm³/mol. The van der Waals surface area contributed by atoms with Gasteiger partial charge < -0.3 is 30.2 Å². The number of methoxy groups -OCH3 is 1. The van der Waals surface area contributed by atoms with Crippen LogP contribution in [0.15, 0.2) is 60.9 Å². The molecule has 2 fully saturated rings. The van der Waals surface area contributed by atoms with Crippen molar-refractivity contribution in [1.29, 1.82) is 0 Å². The van der Waals surface area contributed by atoms with E-state index in [4.69, 9.17) is 4.74 Å². The molecule has 240 valence electrons. The number of hydrogen-bond donors (Lipinski definition) is 4. The van der Waals surface area contributed by atoms with E-state index in [0.29, 0.717) is 18.1 Å². The number of nitrogens with one attached hydrogen (secondary N) is 4. The molecule has 2 aromatic carbocycles. The Labute approximate surface area is 275 Å². The van der Waals surface area contributed by atoms with Crippen LogP contribution in [0.1, 0.15) is 74.5 Å². The number of likely N-dealkylation sites (tertiary alicyclic amines) is 1. The third kappa shape index (κ3) is 7.24. The number of imidazole rings is 2. The third-order valence-electron chi connectivity index (χ3n) is 8.70. The molecule has 2 aliphatic heterocycles. The molecule has 0 saturated carbocycles. The van der Waals surface area contributed by atoms with Crippen molar-refractivity contribution in [3.8, 4) is 46.1 Å². The van der Waals surface area contributed by atoms with Crippen LogP contribution in [0.2, 0.25) is 0 Å². The van der Waals surface area contributed by atoms with Gasteiger partial charge in [-0.15, -0.1) is 0 Å². The van der Waals surface area contributed by atoms with Gasteiger partial charge in [-0.2, -0.15) is 0 Å². The molecule has 2 unspecified atom stereocenters. The summed E-state index contributed by atoms with van der Waals surface area (Å²) in [5.74, 6) is 13.7. The summed E-state index contributed by atoms with van der Waals surface area (Å²) in [4.78, 5) is 43.0. The first-order valence-electron chi connectivity index (χ1n) is 16.1. The molecule has 2 saturated heterocycles. The Balaban J connectivity index is 1.19. The number of carbonyl (C=O) groups is 2. The van der Waals surface area contributed by atoms with Crippen LogP contribution in [-0.4, -0.2) is 63.1 Å². The van der Waals surface area contributed by atoms with Gasteiger partial charge in [0.25, 0.3) is 0 Å². The van der Waals surface area contributed by atoms with Gasteiger partial charge in [-0.1, -0.05) is 56.2 Å². The molecule has 3 atom stereocenters. The van der Waals surface area contributed by atoms with Gasteiger partial charge in [0.1, 0.15) is 23.4 Å². The quantitative estimate of drug-likeness (QED) is 0.205. The van der Waals surface area contributed by atoms with Crippen LogP contribution in [0, 0.1) is 29.6 Å². The van der Waals surface area contributed by atoms with Crippen LogP contribution >= 0.6 is 0 Å². The lowest BCUT2D eigenvalue weighted by atomic mass is 9.96. The van der Waals surface area contributed by atoms with Gasteiger partial charge in [0.15, 0.2) is 0 Å². The Hall–Kier alpha value is -5.32. The number of alkyl carbamates (subject to hydrolysis) is 1. The van der Waals surface area contributed by atoms with Gasteiger partial charge in [-0.05, 0) is 79.2 Å². The SMILES string of the molecule is COC(=O)NC(C(=O)N1CCCC1c1ncc(C#CC#Cc2ccc(-c3cnc([C@@H]4CCCN4)[nH]3)cc2-c2ccccc2)[nH]1)C(C)C. The average molecular weight is 630 g/mol. The summed E-state index contributed by atoms with van der Waals surface area (Å²) < 4.78 is 4.73. The molecule has 2 aromatic heterocycles. The minimum absolute atomic E-state index is 0.101. The zero-order valence-electron chi connectivity index (χ0n) is 26.9. The van der Waals surface area contributed by atoms with Crippen LogP contribution in [0.4, 0.5) is 4.79 Å². The lowest BCUT2D eigenvalue weighted by molar-refractivity contribution is -0.135. The average Bonchev–Trinajstić information content (AvgIpc) is 3.92. The van der Waals surface area contributed by atoms with E-state index in [0.717, 1.165) is 66.0 Å². The molecule has 47 heavy (non-hydrogen) atoms. The molecular weight excluding hydrogens is 590 g/mol. The number of aromatic nitrogens is 4.